The van der Waals surface area contributed by atoms with Crippen LogP contribution in [0.1, 0.15) is 10.4 Å². The fraction of sp³-hybridized carbons (Fsp3) is 0.150. The maximum atomic E-state index is 12.5. The average Bonchev–Trinajstić information content (AvgIpc) is 3.22. The number of ether oxygens (including phenoxy) is 4. The van der Waals surface area contributed by atoms with E-state index in [1.165, 1.54) is 19.5 Å². The Hall–Kier alpha value is -4.01. The second kappa shape index (κ2) is 7.93. The Kier molecular flexibility index (Phi) is 5.02. The summed E-state index contributed by atoms with van der Waals surface area (Å²) in [5.41, 5.74) is 1.56. The Morgan fingerprint density at radius 2 is 1.79 bits per heavy atom. The molecule has 4 rings (SSSR count). The molecular weight excluding hydrogens is 376 g/mol. The van der Waals surface area contributed by atoms with Crippen LogP contribution in [0.15, 0.2) is 48.8 Å². The van der Waals surface area contributed by atoms with Crippen molar-refractivity contribution in [2.24, 2.45) is 0 Å². The van der Waals surface area contributed by atoms with E-state index in [-0.39, 0.29) is 12.7 Å². The van der Waals surface area contributed by atoms with Crippen LogP contribution in [-0.2, 0) is 0 Å². The number of carbonyl (C=O) groups excluding carboxylic acids is 1. The highest BCUT2D eigenvalue weighted by atomic mass is 16.7. The van der Waals surface area contributed by atoms with Gasteiger partial charge in [-0.25, -0.2) is 9.97 Å². The molecule has 2 heterocycles. The number of fused-ring (bicyclic) bond motifs is 1. The summed E-state index contributed by atoms with van der Waals surface area (Å²) >= 11 is 0. The molecule has 1 amide bonds. The molecular formula is C20H18N4O5. The van der Waals surface area contributed by atoms with Crippen molar-refractivity contribution in [1.29, 1.82) is 0 Å². The van der Waals surface area contributed by atoms with Crippen molar-refractivity contribution in [3.8, 4) is 23.0 Å². The van der Waals surface area contributed by atoms with Gasteiger partial charge in [0.1, 0.15) is 11.5 Å². The van der Waals surface area contributed by atoms with Gasteiger partial charge in [0.15, 0.2) is 11.5 Å². The van der Waals surface area contributed by atoms with E-state index in [1.807, 2.05) is 6.07 Å². The van der Waals surface area contributed by atoms with Crippen LogP contribution < -0.4 is 29.6 Å². The van der Waals surface area contributed by atoms with E-state index >= 15 is 0 Å². The Morgan fingerprint density at radius 3 is 2.55 bits per heavy atom. The number of hydrogen-bond acceptors (Lipinski definition) is 8. The maximum absolute atomic E-state index is 12.5. The molecule has 9 heteroatoms. The zero-order valence-electron chi connectivity index (χ0n) is 15.8. The van der Waals surface area contributed by atoms with E-state index in [2.05, 4.69) is 20.6 Å². The Balaban J connectivity index is 1.44. The van der Waals surface area contributed by atoms with Crippen molar-refractivity contribution in [2.45, 2.75) is 0 Å². The molecule has 0 unspecified atom stereocenters. The number of benzene rings is 2. The molecule has 0 atom stereocenters. The van der Waals surface area contributed by atoms with Gasteiger partial charge in [-0.3, -0.25) is 4.79 Å². The number of rotatable bonds is 6. The molecule has 0 saturated carbocycles. The van der Waals surface area contributed by atoms with Crippen LogP contribution in [0.2, 0.25) is 0 Å². The first kappa shape index (κ1) is 18.4. The summed E-state index contributed by atoms with van der Waals surface area (Å²) in [5.74, 6) is 2.45. The van der Waals surface area contributed by atoms with Crippen LogP contribution in [0.3, 0.4) is 0 Å². The molecule has 0 radical (unpaired) electrons. The quantitative estimate of drug-likeness (QED) is 0.657. The Bertz CT molecular complexity index is 1040. The summed E-state index contributed by atoms with van der Waals surface area (Å²) in [4.78, 5) is 20.9. The zero-order valence-corrected chi connectivity index (χ0v) is 15.8. The van der Waals surface area contributed by atoms with Gasteiger partial charge in [-0.1, -0.05) is 0 Å². The number of methoxy groups -OCH3 is 2. The molecule has 1 aliphatic heterocycles. The number of carbonyl (C=O) groups is 1. The minimum Gasteiger partial charge on any atom is -0.497 e. The van der Waals surface area contributed by atoms with E-state index in [4.69, 9.17) is 18.9 Å². The first-order valence-corrected chi connectivity index (χ1v) is 8.68. The van der Waals surface area contributed by atoms with Crippen molar-refractivity contribution in [3.05, 3.63) is 54.4 Å². The summed E-state index contributed by atoms with van der Waals surface area (Å²) in [6.45, 7) is 0.206. The molecule has 3 aromatic rings. The smallest absolute Gasteiger partial charge is 0.258 e. The zero-order chi connectivity index (χ0) is 20.2. The summed E-state index contributed by atoms with van der Waals surface area (Å²) in [6.07, 6.45) is 2.88. The van der Waals surface area contributed by atoms with Crippen molar-refractivity contribution >= 4 is 23.2 Å². The molecule has 0 bridgehead atoms. The number of nitrogens with one attached hydrogen (secondary N) is 2. The molecule has 1 aliphatic rings. The third-order valence-electron chi connectivity index (χ3n) is 4.20. The average molecular weight is 394 g/mol. The minimum absolute atomic E-state index is 0.206. The van der Waals surface area contributed by atoms with E-state index in [0.29, 0.717) is 40.2 Å². The molecule has 2 N–H and O–H groups in total. The molecule has 9 nitrogen and oxygen atoms in total. The van der Waals surface area contributed by atoms with Gasteiger partial charge in [-0.15, -0.1) is 0 Å². The number of aromatic nitrogens is 2. The fourth-order valence-electron chi connectivity index (χ4n) is 2.71. The highest BCUT2D eigenvalue weighted by molar-refractivity contribution is 6.04. The lowest BCUT2D eigenvalue weighted by Crippen LogP contribution is -2.13. The number of hydrogen-bond donors (Lipinski definition) is 2. The Labute approximate surface area is 166 Å². The van der Waals surface area contributed by atoms with E-state index in [9.17, 15) is 4.79 Å². The third kappa shape index (κ3) is 3.98. The van der Waals surface area contributed by atoms with E-state index in [1.54, 1.807) is 37.4 Å². The topological polar surface area (TPSA) is 104 Å². The van der Waals surface area contributed by atoms with Crippen molar-refractivity contribution in [1.82, 2.24) is 9.97 Å². The molecule has 1 aromatic heterocycles. The molecule has 0 aliphatic carbocycles. The fourth-order valence-corrected chi connectivity index (χ4v) is 2.71. The van der Waals surface area contributed by atoms with Crippen molar-refractivity contribution in [3.63, 3.8) is 0 Å². The van der Waals surface area contributed by atoms with Crippen molar-refractivity contribution < 1.29 is 23.7 Å². The maximum Gasteiger partial charge on any atom is 0.258 e. The number of amides is 1. The van der Waals surface area contributed by atoms with Crippen molar-refractivity contribution in [2.75, 3.05) is 31.6 Å². The number of nitrogens with zero attached hydrogens (tertiary/aromatic N) is 2. The molecule has 0 saturated heterocycles. The van der Waals surface area contributed by atoms with Crippen LogP contribution in [0.4, 0.5) is 17.3 Å². The number of anilines is 3. The highest BCUT2D eigenvalue weighted by Crippen LogP contribution is 2.34. The first-order valence-electron chi connectivity index (χ1n) is 8.68. The molecule has 148 valence electrons. The van der Waals surface area contributed by atoms with Gasteiger partial charge in [0.2, 0.25) is 12.7 Å². The monoisotopic (exact) mass is 394 g/mol. The van der Waals surface area contributed by atoms with Crippen LogP contribution in [0, 0.1) is 0 Å². The summed E-state index contributed by atoms with van der Waals surface area (Å²) < 4.78 is 21.1. The predicted molar refractivity (Wildman–Crippen MR) is 105 cm³/mol. The predicted octanol–water partition coefficient (Wildman–Crippen LogP) is 3.22. The van der Waals surface area contributed by atoms with Crippen LogP contribution >= 0.6 is 0 Å². The largest absolute Gasteiger partial charge is 0.497 e. The van der Waals surface area contributed by atoms with Gasteiger partial charge in [0.25, 0.3) is 5.91 Å². The van der Waals surface area contributed by atoms with Crippen LogP contribution in [0.5, 0.6) is 23.0 Å². The van der Waals surface area contributed by atoms with Gasteiger partial charge < -0.3 is 29.6 Å². The lowest BCUT2D eigenvalue weighted by atomic mass is 10.2. The summed E-state index contributed by atoms with van der Waals surface area (Å²) in [5, 5.41) is 5.83. The van der Waals surface area contributed by atoms with Gasteiger partial charge in [0, 0.05) is 30.2 Å². The molecule has 2 aromatic carbocycles. The van der Waals surface area contributed by atoms with E-state index in [0.717, 1.165) is 5.69 Å². The Morgan fingerprint density at radius 1 is 1.00 bits per heavy atom. The lowest BCUT2D eigenvalue weighted by Gasteiger charge is -2.11. The molecule has 0 fully saturated rings. The van der Waals surface area contributed by atoms with E-state index < -0.39 is 0 Å². The summed E-state index contributed by atoms with van der Waals surface area (Å²) in [6, 6.07) is 10.5. The molecule has 29 heavy (non-hydrogen) atoms. The van der Waals surface area contributed by atoms with Gasteiger partial charge >= 0.3 is 0 Å². The summed E-state index contributed by atoms with van der Waals surface area (Å²) in [7, 11) is 3.08. The van der Waals surface area contributed by atoms with Gasteiger partial charge in [0.05, 0.1) is 25.5 Å². The minimum atomic E-state index is -0.358. The molecule has 0 spiro atoms. The lowest BCUT2D eigenvalue weighted by molar-refractivity contribution is 0.102. The standard InChI is InChI=1S/C20H18N4O5/c1-26-14-4-5-15(17(8-14)27-2)24-19(25)12-9-21-20(22-10-12)23-13-3-6-16-18(7-13)29-11-28-16/h3-10H,11H2,1-2H3,(H,24,25)(H,21,22,23). The van der Waals surface area contributed by atoms with Gasteiger partial charge in [-0.2, -0.15) is 0 Å². The SMILES string of the molecule is COc1ccc(NC(=O)c2cnc(Nc3ccc4c(c3)OCO4)nc2)c(OC)c1. The third-order valence-corrected chi connectivity index (χ3v) is 4.20. The van der Waals surface area contributed by atoms with Crippen LogP contribution in [0.25, 0.3) is 0 Å². The normalized spacial score (nSPS) is 11.7. The second-order valence-electron chi connectivity index (χ2n) is 6.01. The first-order chi connectivity index (χ1) is 14.2. The van der Waals surface area contributed by atoms with Gasteiger partial charge in [-0.05, 0) is 24.3 Å². The van der Waals surface area contributed by atoms with Crippen LogP contribution in [-0.4, -0.2) is 36.9 Å². The second-order valence-corrected chi connectivity index (χ2v) is 6.01. The highest BCUT2D eigenvalue weighted by Gasteiger charge is 2.14.